The summed E-state index contributed by atoms with van der Waals surface area (Å²) in [6.45, 7) is 5.13. The van der Waals surface area contributed by atoms with E-state index in [0.29, 0.717) is 57.3 Å². The minimum atomic E-state index is -0.552. The molecule has 0 radical (unpaired) electrons. The van der Waals surface area contributed by atoms with E-state index in [0.717, 1.165) is 17.5 Å². The van der Waals surface area contributed by atoms with Crippen LogP contribution in [0.15, 0.2) is 18.2 Å². The SMILES string of the molecule is CC(N)C(CCC(=O)N1CCOCC1)C(=O)N1CCCC1C(=O)NCc1cc(Cl)ccc1CN. The molecule has 188 valence electrons. The van der Waals surface area contributed by atoms with Crippen molar-refractivity contribution < 1.29 is 19.1 Å². The highest BCUT2D eigenvalue weighted by atomic mass is 35.5. The third-order valence-electron chi connectivity index (χ3n) is 6.66. The van der Waals surface area contributed by atoms with E-state index in [9.17, 15) is 14.4 Å². The van der Waals surface area contributed by atoms with Crippen LogP contribution in [0.3, 0.4) is 0 Å². The van der Waals surface area contributed by atoms with Gasteiger partial charge in [0.1, 0.15) is 6.04 Å². The molecule has 1 aromatic rings. The van der Waals surface area contributed by atoms with E-state index in [4.69, 9.17) is 27.8 Å². The van der Waals surface area contributed by atoms with E-state index in [2.05, 4.69) is 5.32 Å². The Morgan fingerprint density at radius 2 is 1.94 bits per heavy atom. The number of nitrogens with two attached hydrogens (primary N) is 2. The number of nitrogens with one attached hydrogen (secondary N) is 1. The van der Waals surface area contributed by atoms with Gasteiger partial charge in [-0.3, -0.25) is 14.4 Å². The first-order chi connectivity index (χ1) is 16.3. The van der Waals surface area contributed by atoms with Gasteiger partial charge in [0.25, 0.3) is 0 Å². The zero-order valence-electron chi connectivity index (χ0n) is 19.8. The van der Waals surface area contributed by atoms with E-state index in [1.807, 2.05) is 6.07 Å². The smallest absolute Gasteiger partial charge is 0.243 e. The Balaban J connectivity index is 1.60. The van der Waals surface area contributed by atoms with Gasteiger partial charge in [0.15, 0.2) is 0 Å². The summed E-state index contributed by atoms with van der Waals surface area (Å²) in [5.41, 5.74) is 13.7. The van der Waals surface area contributed by atoms with Crippen LogP contribution < -0.4 is 16.8 Å². The molecule has 3 amide bonds. The van der Waals surface area contributed by atoms with Gasteiger partial charge in [-0.2, -0.15) is 0 Å². The first-order valence-corrected chi connectivity index (χ1v) is 12.4. The molecule has 3 atom stereocenters. The van der Waals surface area contributed by atoms with Crippen molar-refractivity contribution in [2.75, 3.05) is 32.8 Å². The fraction of sp³-hybridized carbons (Fsp3) is 0.625. The normalized spacial score (nSPS) is 20.2. The topological polar surface area (TPSA) is 131 Å². The molecule has 0 spiro atoms. The summed E-state index contributed by atoms with van der Waals surface area (Å²) >= 11 is 6.10. The van der Waals surface area contributed by atoms with Crippen LogP contribution in [0, 0.1) is 5.92 Å². The third kappa shape index (κ3) is 6.69. The van der Waals surface area contributed by atoms with Crippen LogP contribution in [0.4, 0.5) is 0 Å². The molecule has 2 saturated heterocycles. The highest BCUT2D eigenvalue weighted by molar-refractivity contribution is 6.30. The Morgan fingerprint density at radius 3 is 2.62 bits per heavy atom. The molecule has 5 N–H and O–H groups in total. The fourth-order valence-electron chi connectivity index (χ4n) is 4.64. The van der Waals surface area contributed by atoms with Crippen molar-refractivity contribution in [1.29, 1.82) is 0 Å². The first kappa shape index (κ1) is 26.4. The lowest BCUT2D eigenvalue weighted by Gasteiger charge is -2.31. The summed E-state index contributed by atoms with van der Waals surface area (Å²) in [6.07, 6.45) is 1.95. The molecule has 2 aliphatic rings. The van der Waals surface area contributed by atoms with Crippen molar-refractivity contribution in [2.24, 2.45) is 17.4 Å². The van der Waals surface area contributed by atoms with E-state index >= 15 is 0 Å². The average molecular weight is 494 g/mol. The van der Waals surface area contributed by atoms with E-state index in [-0.39, 0.29) is 30.7 Å². The zero-order valence-corrected chi connectivity index (χ0v) is 20.6. The van der Waals surface area contributed by atoms with Crippen LogP contribution in [0.2, 0.25) is 5.02 Å². The van der Waals surface area contributed by atoms with Gasteiger partial charge in [0.05, 0.1) is 19.1 Å². The van der Waals surface area contributed by atoms with Crippen LogP contribution in [0.5, 0.6) is 0 Å². The van der Waals surface area contributed by atoms with Crippen LogP contribution in [0.1, 0.15) is 43.7 Å². The number of benzene rings is 1. The molecule has 9 nitrogen and oxygen atoms in total. The number of rotatable bonds is 9. The summed E-state index contributed by atoms with van der Waals surface area (Å²) in [5, 5.41) is 3.51. The number of carbonyl (C=O) groups is 3. The summed E-state index contributed by atoms with van der Waals surface area (Å²) in [6, 6.07) is 4.43. The fourth-order valence-corrected chi connectivity index (χ4v) is 4.83. The molecule has 0 saturated carbocycles. The molecule has 0 bridgehead atoms. The number of morpholine rings is 1. The number of ether oxygens (including phenoxy) is 1. The molecule has 3 unspecified atom stereocenters. The van der Waals surface area contributed by atoms with Gasteiger partial charge in [0, 0.05) is 50.2 Å². The van der Waals surface area contributed by atoms with Crippen LogP contribution in [-0.4, -0.2) is 72.5 Å². The van der Waals surface area contributed by atoms with Crippen molar-refractivity contribution >= 4 is 29.3 Å². The lowest BCUT2D eigenvalue weighted by atomic mass is 9.93. The summed E-state index contributed by atoms with van der Waals surface area (Å²) in [5.74, 6) is -0.876. The van der Waals surface area contributed by atoms with Crippen LogP contribution in [-0.2, 0) is 32.2 Å². The van der Waals surface area contributed by atoms with Gasteiger partial charge in [-0.15, -0.1) is 0 Å². The quantitative estimate of drug-likeness (QED) is 0.470. The Kier molecular flexibility index (Phi) is 9.70. The van der Waals surface area contributed by atoms with Crippen molar-refractivity contribution in [1.82, 2.24) is 15.1 Å². The predicted molar refractivity (Wildman–Crippen MR) is 130 cm³/mol. The van der Waals surface area contributed by atoms with Crippen molar-refractivity contribution in [3.8, 4) is 0 Å². The predicted octanol–water partition coefficient (Wildman–Crippen LogP) is 1.01. The summed E-state index contributed by atoms with van der Waals surface area (Å²) in [4.78, 5) is 42.4. The number of halogens is 1. The molecule has 2 fully saturated rings. The Hall–Kier alpha value is -2.20. The largest absolute Gasteiger partial charge is 0.378 e. The van der Waals surface area contributed by atoms with Crippen molar-refractivity contribution in [3.63, 3.8) is 0 Å². The highest BCUT2D eigenvalue weighted by Crippen LogP contribution is 2.24. The van der Waals surface area contributed by atoms with E-state index < -0.39 is 18.0 Å². The molecule has 34 heavy (non-hydrogen) atoms. The molecule has 0 aromatic heterocycles. The molecular formula is C24H36ClN5O4. The lowest BCUT2D eigenvalue weighted by molar-refractivity contribution is -0.143. The minimum absolute atomic E-state index is 0.00898. The van der Waals surface area contributed by atoms with Gasteiger partial charge in [-0.25, -0.2) is 0 Å². The number of amides is 3. The number of likely N-dealkylation sites (tertiary alicyclic amines) is 1. The minimum Gasteiger partial charge on any atom is -0.378 e. The summed E-state index contributed by atoms with van der Waals surface area (Å²) < 4.78 is 5.30. The van der Waals surface area contributed by atoms with Gasteiger partial charge in [-0.1, -0.05) is 17.7 Å². The molecule has 0 aliphatic carbocycles. The maximum Gasteiger partial charge on any atom is 0.243 e. The monoisotopic (exact) mass is 493 g/mol. The maximum atomic E-state index is 13.4. The van der Waals surface area contributed by atoms with E-state index in [1.54, 1.807) is 28.9 Å². The maximum absolute atomic E-state index is 13.4. The number of nitrogens with zero attached hydrogens (tertiary/aromatic N) is 2. The molecular weight excluding hydrogens is 458 g/mol. The first-order valence-electron chi connectivity index (χ1n) is 12.0. The second-order valence-electron chi connectivity index (χ2n) is 9.02. The molecule has 2 aliphatic heterocycles. The molecule has 3 rings (SSSR count). The van der Waals surface area contributed by atoms with Crippen molar-refractivity contribution in [3.05, 3.63) is 34.3 Å². The van der Waals surface area contributed by atoms with Crippen LogP contribution in [0.25, 0.3) is 0 Å². The van der Waals surface area contributed by atoms with Gasteiger partial charge in [0.2, 0.25) is 17.7 Å². The molecule has 10 heteroatoms. The Labute approximate surface area is 206 Å². The standard InChI is InChI=1S/C24H36ClN5O4/c1-16(27)20(6-7-22(31)29-9-11-34-12-10-29)24(33)30-8-2-3-21(30)23(32)28-15-18-13-19(25)5-4-17(18)14-26/h4-5,13,16,20-21H,2-3,6-12,14-15,26-27H2,1H3,(H,28,32). The Morgan fingerprint density at radius 1 is 1.21 bits per heavy atom. The van der Waals surface area contributed by atoms with Gasteiger partial charge >= 0.3 is 0 Å². The van der Waals surface area contributed by atoms with E-state index in [1.165, 1.54) is 0 Å². The highest BCUT2D eigenvalue weighted by Gasteiger charge is 2.38. The number of carbonyl (C=O) groups excluding carboxylic acids is 3. The van der Waals surface area contributed by atoms with Gasteiger partial charge in [-0.05, 0) is 49.4 Å². The second kappa shape index (κ2) is 12.5. The zero-order chi connectivity index (χ0) is 24.7. The molecule has 2 heterocycles. The average Bonchev–Trinajstić information content (AvgIpc) is 3.33. The van der Waals surface area contributed by atoms with Crippen molar-refractivity contribution in [2.45, 2.75) is 57.8 Å². The summed E-state index contributed by atoms with van der Waals surface area (Å²) in [7, 11) is 0. The third-order valence-corrected chi connectivity index (χ3v) is 6.90. The Bertz CT molecular complexity index is 875. The van der Waals surface area contributed by atoms with Crippen LogP contribution >= 0.6 is 11.6 Å². The number of hydrogen-bond donors (Lipinski definition) is 3. The lowest BCUT2D eigenvalue weighted by Crippen LogP contribution is -2.50. The second-order valence-corrected chi connectivity index (χ2v) is 9.46. The number of hydrogen-bond acceptors (Lipinski definition) is 6. The molecule has 1 aromatic carbocycles. The van der Waals surface area contributed by atoms with Gasteiger partial charge < -0.3 is 31.3 Å².